The van der Waals surface area contributed by atoms with Gasteiger partial charge in [-0.05, 0) is 35.9 Å². The van der Waals surface area contributed by atoms with Crippen LogP contribution in [0.4, 0.5) is 4.39 Å². The molecule has 2 N–H and O–H groups in total. The molecule has 8 heteroatoms. The number of pyridine rings is 2. The fourth-order valence-corrected chi connectivity index (χ4v) is 5.31. The molecule has 5 rings (SSSR count). The zero-order valence-electron chi connectivity index (χ0n) is 18.0. The van der Waals surface area contributed by atoms with Gasteiger partial charge in [0.25, 0.3) is 5.56 Å². The summed E-state index contributed by atoms with van der Waals surface area (Å²) in [5.74, 6) is -0.945. The van der Waals surface area contributed by atoms with Gasteiger partial charge >= 0.3 is 0 Å². The minimum Gasteiger partial charge on any atom is -0.396 e. The first-order valence-electron chi connectivity index (χ1n) is 11.0. The third-order valence-corrected chi connectivity index (χ3v) is 6.79. The molecule has 2 aromatic heterocycles. The lowest BCUT2D eigenvalue weighted by molar-refractivity contribution is -0.128. The first-order valence-corrected chi connectivity index (χ1v) is 11.0. The number of likely N-dealkylation sites (tertiary alicyclic amines) is 1. The molecule has 2 aliphatic heterocycles. The van der Waals surface area contributed by atoms with Gasteiger partial charge in [0.05, 0.1) is 17.8 Å². The Morgan fingerprint density at radius 2 is 1.94 bits per heavy atom. The normalized spacial score (nSPS) is 23.8. The number of amides is 1. The number of aliphatic hydroxyl groups excluding tert-OH is 1. The second-order valence-electron chi connectivity index (χ2n) is 8.64. The van der Waals surface area contributed by atoms with Gasteiger partial charge in [-0.25, -0.2) is 4.39 Å². The van der Waals surface area contributed by atoms with Gasteiger partial charge < -0.3 is 15.0 Å². The third kappa shape index (κ3) is 3.96. The molecule has 0 bridgehead atoms. The summed E-state index contributed by atoms with van der Waals surface area (Å²) in [4.78, 5) is 32.4. The molecule has 3 aromatic rings. The number of benzene rings is 1. The lowest BCUT2D eigenvalue weighted by atomic mass is 9.88. The monoisotopic (exact) mass is 448 g/mol. The van der Waals surface area contributed by atoms with E-state index in [-0.39, 0.29) is 48.3 Å². The van der Waals surface area contributed by atoms with Crippen molar-refractivity contribution in [3.8, 4) is 0 Å². The van der Waals surface area contributed by atoms with Crippen molar-refractivity contribution in [1.82, 2.24) is 19.8 Å². The van der Waals surface area contributed by atoms with E-state index in [9.17, 15) is 19.1 Å². The summed E-state index contributed by atoms with van der Waals surface area (Å²) >= 11 is 0. The van der Waals surface area contributed by atoms with Gasteiger partial charge in [-0.3, -0.25) is 19.5 Å². The molecule has 170 valence electrons. The standard InChI is InChI=1S/C25H25FN4O3/c26-17-9-7-16(8-10-17)12-28-25(33)24-20(15-31)19-14-29-21(5-3-6-22(29)32)23(19)30(24)13-18-4-1-2-11-27-18/h1-11,19-20,23-24,31H,12-15H2,(H,28,33)/t19-,20-,23+,24-/m1/s1. The van der Waals surface area contributed by atoms with Crippen LogP contribution < -0.4 is 10.9 Å². The summed E-state index contributed by atoms with van der Waals surface area (Å²) in [5, 5.41) is 13.3. The highest BCUT2D eigenvalue weighted by Gasteiger charge is 2.55. The van der Waals surface area contributed by atoms with E-state index in [1.165, 1.54) is 18.2 Å². The molecule has 1 saturated heterocycles. The first-order chi connectivity index (χ1) is 16.1. The Labute approximate surface area is 190 Å². The van der Waals surface area contributed by atoms with Crippen LogP contribution in [0, 0.1) is 17.7 Å². The maximum absolute atomic E-state index is 13.4. The van der Waals surface area contributed by atoms with E-state index >= 15 is 0 Å². The zero-order valence-corrected chi connectivity index (χ0v) is 18.0. The predicted molar refractivity (Wildman–Crippen MR) is 119 cm³/mol. The van der Waals surface area contributed by atoms with Crippen molar-refractivity contribution >= 4 is 5.91 Å². The molecule has 33 heavy (non-hydrogen) atoms. The lowest BCUT2D eigenvalue weighted by Gasteiger charge is -2.30. The summed E-state index contributed by atoms with van der Waals surface area (Å²) < 4.78 is 15.0. The van der Waals surface area contributed by atoms with E-state index < -0.39 is 6.04 Å². The van der Waals surface area contributed by atoms with Crippen molar-refractivity contribution < 1.29 is 14.3 Å². The van der Waals surface area contributed by atoms with Gasteiger partial charge in [-0.15, -0.1) is 0 Å². The average molecular weight is 448 g/mol. The molecule has 0 unspecified atom stereocenters. The van der Waals surface area contributed by atoms with Crippen LogP contribution in [0.3, 0.4) is 0 Å². The van der Waals surface area contributed by atoms with Gasteiger partial charge in [0.15, 0.2) is 0 Å². The van der Waals surface area contributed by atoms with Crippen LogP contribution in [0.1, 0.15) is 23.0 Å². The number of nitrogens with zero attached hydrogens (tertiary/aromatic N) is 3. The summed E-state index contributed by atoms with van der Waals surface area (Å²) in [6, 6.07) is 16.1. The second-order valence-corrected chi connectivity index (χ2v) is 8.64. The molecular weight excluding hydrogens is 423 g/mol. The Morgan fingerprint density at radius 3 is 2.67 bits per heavy atom. The number of fused-ring (bicyclic) bond motifs is 3. The number of nitrogens with one attached hydrogen (secondary N) is 1. The van der Waals surface area contributed by atoms with Crippen molar-refractivity contribution in [2.45, 2.75) is 31.7 Å². The minimum absolute atomic E-state index is 0.0737. The fourth-order valence-electron chi connectivity index (χ4n) is 5.31. The second kappa shape index (κ2) is 8.88. The van der Waals surface area contributed by atoms with Crippen molar-refractivity contribution in [3.05, 3.63) is 100.0 Å². The average Bonchev–Trinajstić information content (AvgIpc) is 3.35. The van der Waals surface area contributed by atoms with Gasteiger partial charge in [-0.2, -0.15) is 0 Å². The van der Waals surface area contributed by atoms with E-state index in [0.29, 0.717) is 13.1 Å². The minimum atomic E-state index is -0.587. The maximum atomic E-state index is 13.4. The summed E-state index contributed by atoms with van der Waals surface area (Å²) in [6.45, 7) is 0.968. The van der Waals surface area contributed by atoms with Crippen LogP contribution in [-0.2, 0) is 24.4 Å². The van der Waals surface area contributed by atoms with Gasteiger partial charge in [0.2, 0.25) is 5.91 Å². The zero-order chi connectivity index (χ0) is 22.9. The van der Waals surface area contributed by atoms with Crippen molar-refractivity contribution in [2.24, 2.45) is 11.8 Å². The lowest BCUT2D eigenvalue weighted by Crippen LogP contribution is -2.48. The summed E-state index contributed by atoms with van der Waals surface area (Å²) in [6.07, 6.45) is 1.71. The van der Waals surface area contributed by atoms with Crippen LogP contribution in [0.15, 0.2) is 71.7 Å². The van der Waals surface area contributed by atoms with E-state index in [1.807, 2.05) is 24.3 Å². The molecule has 1 aromatic carbocycles. The molecule has 4 heterocycles. The fraction of sp³-hybridized carbons (Fsp3) is 0.320. The van der Waals surface area contributed by atoms with Crippen molar-refractivity contribution in [1.29, 1.82) is 0 Å². The summed E-state index contributed by atoms with van der Waals surface area (Å²) in [5.41, 5.74) is 2.38. The molecule has 0 aliphatic carbocycles. The topological polar surface area (TPSA) is 87.5 Å². The van der Waals surface area contributed by atoms with E-state index in [2.05, 4.69) is 15.2 Å². The van der Waals surface area contributed by atoms with Crippen molar-refractivity contribution in [2.75, 3.05) is 6.61 Å². The highest BCUT2D eigenvalue weighted by molar-refractivity contribution is 5.82. The number of aromatic nitrogens is 2. The van der Waals surface area contributed by atoms with Crippen LogP contribution in [0.2, 0.25) is 0 Å². The number of rotatable bonds is 6. The quantitative estimate of drug-likeness (QED) is 0.601. The van der Waals surface area contributed by atoms with Crippen LogP contribution in [0.5, 0.6) is 0 Å². The predicted octanol–water partition coefficient (Wildman–Crippen LogP) is 1.86. The molecule has 2 aliphatic rings. The number of hydrogen-bond acceptors (Lipinski definition) is 5. The Balaban J connectivity index is 1.47. The highest BCUT2D eigenvalue weighted by Crippen LogP contribution is 2.49. The largest absolute Gasteiger partial charge is 0.396 e. The number of aliphatic hydroxyl groups is 1. The Bertz CT molecular complexity index is 1200. The number of carbonyl (C=O) groups is 1. The molecule has 1 amide bonds. The highest BCUT2D eigenvalue weighted by atomic mass is 19.1. The SMILES string of the molecule is O=C(NCc1ccc(F)cc1)[C@H]1[C@H](CO)[C@H]2Cn3c(cccc3=O)[C@H]2N1Cc1ccccn1. The Morgan fingerprint density at radius 1 is 1.12 bits per heavy atom. The molecule has 1 fully saturated rings. The molecule has 0 saturated carbocycles. The van der Waals surface area contributed by atoms with Crippen LogP contribution in [0.25, 0.3) is 0 Å². The smallest absolute Gasteiger partial charge is 0.250 e. The number of carbonyl (C=O) groups excluding carboxylic acids is 1. The molecular formula is C25H25FN4O3. The van der Waals surface area contributed by atoms with Gasteiger partial charge in [0.1, 0.15) is 5.82 Å². The Kier molecular flexibility index (Phi) is 5.78. The third-order valence-electron chi connectivity index (χ3n) is 6.79. The number of halogens is 1. The number of hydrogen-bond donors (Lipinski definition) is 2. The molecule has 7 nitrogen and oxygen atoms in total. The molecule has 0 radical (unpaired) electrons. The van der Waals surface area contributed by atoms with Crippen LogP contribution in [-0.4, -0.2) is 38.1 Å². The van der Waals surface area contributed by atoms with Crippen molar-refractivity contribution in [3.63, 3.8) is 0 Å². The van der Waals surface area contributed by atoms with E-state index in [4.69, 9.17) is 0 Å². The van der Waals surface area contributed by atoms with Crippen LogP contribution >= 0.6 is 0 Å². The van der Waals surface area contributed by atoms with Gasteiger partial charge in [-0.1, -0.05) is 24.3 Å². The molecule has 0 spiro atoms. The maximum Gasteiger partial charge on any atom is 0.250 e. The summed E-state index contributed by atoms with van der Waals surface area (Å²) in [7, 11) is 0. The first kappa shape index (κ1) is 21.5. The van der Waals surface area contributed by atoms with E-state index in [0.717, 1.165) is 17.0 Å². The molecule has 4 atom stereocenters. The Hall–Kier alpha value is -3.36. The van der Waals surface area contributed by atoms with E-state index in [1.54, 1.807) is 29.0 Å². The van der Waals surface area contributed by atoms with Gasteiger partial charge in [0, 0.05) is 56.0 Å².